The molecule has 1 N–H and O–H groups in total. The van der Waals surface area contributed by atoms with Gasteiger partial charge >= 0.3 is 6.03 Å². The fourth-order valence-electron chi connectivity index (χ4n) is 5.31. The van der Waals surface area contributed by atoms with E-state index < -0.39 is 0 Å². The number of anilines is 1. The number of urea groups is 1. The first-order valence-electron chi connectivity index (χ1n) is 13.3. The topological polar surface area (TPSA) is 73.5 Å². The van der Waals surface area contributed by atoms with Crippen LogP contribution in [-0.4, -0.2) is 39.0 Å². The summed E-state index contributed by atoms with van der Waals surface area (Å²) in [6.45, 7) is 4.91. The van der Waals surface area contributed by atoms with E-state index in [1.807, 2.05) is 115 Å². The largest absolute Gasteiger partial charge is 0.497 e. The second-order valence-electron chi connectivity index (χ2n) is 9.63. The number of carbonyl (C=O) groups excluding carboxylic acids is 1. The number of rotatable bonds is 6. The van der Waals surface area contributed by atoms with Crippen molar-refractivity contribution < 1.29 is 14.3 Å². The molecular weight excluding hydrogens is 502 g/mol. The average molecular weight is 534 g/mol. The number of amides is 2. The Labute approximate surface area is 233 Å². The van der Waals surface area contributed by atoms with E-state index in [-0.39, 0.29) is 12.1 Å². The SMILES string of the molecule is CCOc1ccc([C@H]2c3cccn3-c3c(c(C)nn3-c3ccccc3)CN2C(=O)Nc2cccc(OC)c2)cc1. The summed E-state index contributed by atoms with van der Waals surface area (Å²) in [5, 5.41) is 8.02. The van der Waals surface area contributed by atoms with Gasteiger partial charge < -0.3 is 24.3 Å². The van der Waals surface area contributed by atoms with Crippen LogP contribution in [0.1, 0.15) is 35.5 Å². The lowest BCUT2D eigenvalue weighted by atomic mass is 10.0. The van der Waals surface area contributed by atoms with E-state index in [1.165, 1.54) is 0 Å². The third-order valence-electron chi connectivity index (χ3n) is 7.18. The fourth-order valence-corrected chi connectivity index (χ4v) is 5.31. The van der Waals surface area contributed by atoms with Crippen LogP contribution in [0.3, 0.4) is 0 Å². The summed E-state index contributed by atoms with van der Waals surface area (Å²) in [6, 6.07) is 28.9. The molecule has 3 aromatic carbocycles. The van der Waals surface area contributed by atoms with E-state index in [0.717, 1.165) is 39.8 Å². The molecule has 3 heterocycles. The molecule has 0 bridgehead atoms. The van der Waals surface area contributed by atoms with Crippen molar-refractivity contribution in [3.8, 4) is 23.0 Å². The summed E-state index contributed by atoms with van der Waals surface area (Å²) in [7, 11) is 1.61. The van der Waals surface area contributed by atoms with Crippen molar-refractivity contribution in [2.24, 2.45) is 0 Å². The van der Waals surface area contributed by atoms with Crippen LogP contribution >= 0.6 is 0 Å². The number of aromatic nitrogens is 3. The van der Waals surface area contributed by atoms with Crippen molar-refractivity contribution in [1.29, 1.82) is 0 Å². The molecule has 1 aliphatic rings. The van der Waals surface area contributed by atoms with Gasteiger partial charge in [0.15, 0.2) is 0 Å². The van der Waals surface area contributed by atoms with Gasteiger partial charge in [0.25, 0.3) is 0 Å². The first kappa shape index (κ1) is 25.3. The number of benzene rings is 3. The molecule has 1 atom stereocenters. The summed E-state index contributed by atoms with van der Waals surface area (Å²) in [6.07, 6.45) is 2.04. The Kier molecular flexibility index (Phi) is 6.74. The lowest BCUT2D eigenvalue weighted by Gasteiger charge is -2.31. The Bertz CT molecular complexity index is 1640. The highest BCUT2D eigenvalue weighted by molar-refractivity contribution is 5.90. The van der Waals surface area contributed by atoms with Crippen molar-refractivity contribution in [2.45, 2.75) is 26.4 Å². The van der Waals surface area contributed by atoms with Gasteiger partial charge in [-0.2, -0.15) is 5.10 Å². The maximum Gasteiger partial charge on any atom is 0.322 e. The number of hydrogen-bond acceptors (Lipinski definition) is 4. The lowest BCUT2D eigenvalue weighted by molar-refractivity contribution is 0.194. The van der Waals surface area contributed by atoms with Crippen LogP contribution in [0.4, 0.5) is 10.5 Å². The molecule has 0 aliphatic carbocycles. The molecule has 0 radical (unpaired) electrons. The van der Waals surface area contributed by atoms with E-state index in [2.05, 4.69) is 16.0 Å². The van der Waals surface area contributed by atoms with Gasteiger partial charge in [-0.3, -0.25) is 0 Å². The van der Waals surface area contributed by atoms with Crippen LogP contribution < -0.4 is 14.8 Å². The molecule has 8 heteroatoms. The van der Waals surface area contributed by atoms with Crippen molar-refractivity contribution in [1.82, 2.24) is 19.2 Å². The number of fused-ring (bicyclic) bond motifs is 3. The van der Waals surface area contributed by atoms with E-state index in [9.17, 15) is 4.79 Å². The van der Waals surface area contributed by atoms with Crippen molar-refractivity contribution in [3.05, 3.63) is 120 Å². The predicted octanol–water partition coefficient (Wildman–Crippen LogP) is 6.52. The van der Waals surface area contributed by atoms with E-state index in [1.54, 1.807) is 7.11 Å². The molecule has 40 heavy (non-hydrogen) atoms. The number of nitrogens with zero attached hydrogens (tertiary/aromatic N) is 4. The molecule has 0 spiro atoms. The zero-order valence-corrected chi connectivity index (χ0v) is 22.7. The Morgan fingerprint density at radius 1 is 0.975 bits per heavy atom. The number of ether oxygens (including phenoxy) is 2. The third-order valence-corrected chi connectivity index (χ3v) is 7.18. The van der Waals surface area contributed by atoms with Gasteiger partial charge in [0, 0.05) is 23.5 Å². The molecular formula is C32H31N5O3. The number of carbonyl (C=O) groups is 1. The van der Waals surface area contributed by atoms with E-state index >= 15 is 0 Å². The highest BCUT2D eigenvalue weighted by Gasteiger charge is 2.36. The van der Waals surface area contributed by atoms with Crippen LogP contribution in [0.2, 0.25) is 0 Å². The number of hydrogen-bond donors (Lipinski definition) is 1. The molecule has 2 aromatic heterocycles. The van der Waals surface area contributed by atoms with Gasteiger partial charge in [-0.1, -0.05) is 36.4 Å². The summed E-state index contributed by atoms with van der Waals surface area (Å²) >= 11 is 0. The van der Waals surface area contributed by atoms with E-state index in [4.69, 9.17) is 14.6 Å². The molecule has 1 aliphatic heterocycles. The second kappa shape index (κ2) is 10.6. The molecule has 6 rings (SSSR count). The molecule has 8 nitrogen and oxygen atoms in total. The number of aryl methyl sites for hydroxylation is 1. The highest BCUT2D eigenvalue weighted by atomic mass is 16.5. The smallest absolute Gasteiger partial charge is 0.322 e. The Balaban J connectivity index is 1.50. The average Bonchev–Trinajstić information content (AvgIpc) is 3.54. The lowest BCUT2D eigenvalue weighted by Crippen LogP contribution is -2.38. The third kappa shape index (κ3) is 4.58. The summed E-state index contributed by atoms with van der Waals surface area (Å²) in [4.78, 5) is 16.0. The summed E-state index contributed by atoms with van der Waals surface area (Å²) in [5.41, 5.74) is 5.40. The van der Waals surface area contributed by atoms with Crippen LogP contribution in [0.5, 0.6) is 11.5 Å². The maximum atomic E-state index is 14.1. The predicted molar refractivity (Wildman–Crippen MR) is 155 cm³/mol. The van der Waals surface area contributed by atoms with Crippen molar-refractivity contribution >= 4 is 11.7 Å². The molecule has 0 unspecified atom stereocenters. The minimum atomic E-state index is -0.368. The Morgan fingerprint density at radius 2 is 1.77 bits per heavy atom. The minimum absolute atomic E-state index is 0.223. The van der Waals surface area contributed by atoms with Crippen LogP contribution in [-0.2, 0) is 6.54 Å². The van der Waals surface area contributed by atoms with E-state index in [0.29, 0.717) is 24.6 Å². The molecule has 0 saturated heterocycles. The summed E-state index contributed by atoms with van der Waals surface area (Å²) in [5.74, 6) is 2.39. The number of para-hydroxylation sites is 1. The van der Waals surface area contributed by atoms with Crippen molar-refractivity contribution in [2.75, 3.05) is 19.0 Å². The molecule has 0 saturated carbocycles. The maximum absolute atomic E-state index is 14.1. The minimum Gasteiger partial charge on any atom is -0.497 e. The van der Waals surface area contributed by atoms with Crippen molar-refractivity contribution in [3.63, 3.8) is 0 Å². The van der Waals surface area contributed by atoms with Gasteiger partial charge in [-0.25, -0.2) is 9.48 Å². The Hall–Kier alpha value is -4.98. The quantitative estimate of drug-likeness (QED) is 0.270. The Morgan fingerprint density at radius 3 is 2.52 bits per heavy atom. The van der Waals surface area contributed by atoms with Gasteiger partial charge in [-0.15, -0.1) is 0 Å². The standard InChI is InChI=1S/C32H31N5O3/c1-4-40-26-17-15-23(16-18-26)30-29-14-9-19-35(29)31-28(22(2)34-37(31)25-11-6-5-7-12-25)21-36(30)32(38)33-24-10-8-13-27(20-24)39-3/h5-20,30H,4,21H2,1-3H3,(H,33,38)/t30-/m0/s1. The fraction of sp³-hybridized carbons (Fsp3) is 0.188. The molecule has 5 aromatic rings. The molecule has 0 fully saturated rings. The summed E-state index contributed by atoms with van der Waals surface area (Å²) < 4.78 is 15.2. The molecule has 202 valence electrons. The van der Waals surface area contributed by atoms with Gasteiger partial charge in [0.05, 0.1) is 43.4 Å². The van der Waals surface area contributed by atoms with Crippen LogP contribution in [0.25, 0.3) is 11.5 Å². The van der Waals surface area contributed by atoms with Gasteiger partial charge in [-0.05, 0) is 67.9 Å². The van der Waals surface area contributed by atoms with Gasteiger partial charge in [0.2, 0.25) is 0 Å². The zero-order valence-electron chi connectivity index (χ0n) is 22.7. The second-order valence-corrected chi connectivity index (χ2v) is 9.63. The number of methoxy groups -OCH3 is 1. The monoisotopic (exact) mass is 533 g/mol. The normalized spacial score (nSPS) is 14.2. The van der Waals surface area contributed by atoms with Crippen LogP contribution in [0, 0.1) is 6.92 Å². The number of nitrogens with one attached hydrogen (secondary N) is 1. The van der Waals surface area contributed by atoms with Crippen LogP contribution in [0.15, 0.2) is 97.2 Å². The molecule has 2 amide bonds. The highest BCUT2D eigenvalue weighted by Crippen LogP contribution is 2.39. The zero-order chi connectivity index (χ0) is 27.6. The first-order valence-corrected chi connectivity index (χ1v) is 13.3. The van der Waals surface area contributed by atoms with Gasteiger partial charge in [0.1, 0.15) is 17.3 Å². The first-order chi connectivity index (χ1) is 19.6.